The van der Waals surface area contributed by atoms with Gasteiger partial charge in [0.25, 0.3) is 5.91 Å². The normalized spacial score (nSPS) is 24.2. The van der Waals surface area contributed by atoms with Crippen LogP contribution in [0.1, 0.15) is 35.2 Å². The fourth-order valence-electron chi connectivity index (χ4n) is 3.87. The fraction of sp³-hybridized carbons (Fsp3) is 0.556. The smallest absolute Gasteiger partial charge is 0.326 e. The molecule has 1 saturated carbocycles. The summed E-state index contributed by atoms with van der Waals surface area (Å²) in [6.45, 7) is 3.48. The number of hydrogen-bond donors (Lipinski definition) is 2. The summed E-state index contributed by atoms with van der Waals surface area (Å²) in [5.74, 6) is -0.795. The molecule has 2 fully saturated rings. The average Bonchev–Trinajstić information content (AvgIpc) is 2.97. The molecule has 1 atom stereocenters. The quantitative estimate of drug-likeness (QED) is 0.877. The van der Waals surface area contributed by atoms with Crippen molar-refractivity contribution in [2.45, 2.75) is 37.8 Å². The van der Waals surface area contributed by atoms with Gasteiger partial charge < -0.3 is 15.3 Å². The van der Waals surface area contributed by atoms with E-state index in [9.17, 15) is 9.59 Å². The van der Waals surface area contributed by atoms with Crippen LogP contribution in [0.5, 0.6) is 0 Å². The van der Waals surface area contributed by atoms with E-state index in [0.29, 0.717) is 12.0 Å². The molecule has 0 spiro atoms. The molecule has 2 N–H and O–H groups in total. The van der Waals surface area contributed by atoms with Crippen LogP contribution >= 0.6 is 0 Å². The summed E-state index contributed by atoms with van der Waals surface area (Å²) in [7, 11) is 0. The van der Waals surface area contributed by atoms with Crippen LogP contribution < -0.4 is 5.32 Å². The number of hydrogen-bond acceptors (Lipinski definition) is 4. The largest absolute Gasteiger partial charge is 0.480 e. The van der Waals surface area contributed by atoms with E-state index in [0.717, 1.165) is 43.5 Å². The van der Waals surface area contributed by atoms with E-state index in [-0.39, 0.29) is 5.91 Å². The van der Waals surface area contributed by atoms with Gasteiger partial charge in [0.1, 0.15) is 6.04 Å². The lowest BCUT2D eigenvalue weighted by molar-refractivity contribution is -0.137. The van der Waals surface area contributed by atoms with E-state index >= 15 is 0 Å². The van der Waals surface area contributed by atoms with Crippen LogP contribution in [-0.4, -0.2) is 65.0 Å². The first-order chi connectivity index (χ1) is 11.6. The van der Waals surface area contributed by atoms with Crippen molar-refractivity contribution in [1.29, 1.82) is 0 Å². The van der Waals surface area contributed by atoms with E-state index in [2.05, 4.69) is 10.2 Å². The number of carbonyl (C=O) groups is 2. The molecular formula is C18H23N3O3. The highest BCUT2D eigenvalue weighted by atomic mass is 16.4. The Morgan fingerprint density at radius 3 is 2.50 bits per heavy atom. The molecule has 2 aliphatic heterocycles. The molecule has 1 amide bonds. The number of rotatable bonds is 3. The van der Waals surface area contributed by atoms with Crippen molar-refractivity contribution >= 4 is 17.6 Å². The van der Waals surface area contributed by atoms with E-state index < -0.39 is 12.0 Å². The summed E-state index contributed by atoms with van der Waals surface area (Å²) in [5.41, 5.74) is 2.41. The maximum absolute atomic E-state index is 12.7. The third-order valence-electron chi connectivity index (χ3n) is 5.60. The molecule has 1 unspecified atom stereocenters. The van der Waals surface area contributed by atoms with Crippen molar-refractivity contribution in [3.8, 4) is 0 Å². The van der Waals surface area contributed by atoms with Gasteiger partial charge in [-0.1, -0.05) is 6.42 Å². The maximum atomic E-state index is 12.7. The van der Waals surface area contributed by atoms with Crippen LogP contribution in [0, 0.1) is 0 Å². The van der Waals surface area contributed by atoms with E-state index in [1.165, 1.54) is 19.3 Å². The molecule has 1 saturated heterocycles. The Morgan fingerprint density at radius 2 is 1.88 bits per heavy atom. The van der Waals surface area contributed by atoms with Crippen LogP contribution in [-0.2, 0) is 11.2 Å². The SMILES string of the molecule is O=C(O)C1Cc2cc(C(=O)N3CCN(C4CCC4)CC3)ccc2N1. The van der Waals surface area contributed by atoms with Crippen molar-refractivity contribution in [2.24, 2.45) is 0 Å². The standard InChI is InChI=1S/C18H23N3O3/c22-17(21-8-6-20(7-9-21)14-2-1-3-14)12-4-5-15-13(10-12)11-16(19-15)18(23)24/h4-5,10,14,16,19H,1-3,6-9,11H2,(H,23,24). The van der Waals surface area contributed by atoms with Gasteiger partial charge in [0, 0.05) is 49.9 Å². The molecule has 4 rings (SSSR count). The van der Waals surface area contributed by atoms with Gasteiger partial charge in [-0.15, -0.1) is 0 Å². The van der Waals surface area contributed by atoms with E-state index in [1.54, 1.807) is 6.07 Å². The minimum Gasteiger partial charge on any atom is -0.480 e. The first-order valence-corrected chi connectivity index (χ1v) is 8.77. The third-order valence-corrected chi connectivity index (χ3v) is 5.60. The van der Waals surface area contributed by atoms with Crippen molar-refractivity contribution in [2.75, 3.05) is 31.5 Å². The van der Waals surface area contributed by atoms with E-state index in [1.807, 2.05) is 17.0 Å². The Hall–Kier alpha value is -2.08. The molecule has 1 aliphatic carbocycles. The van der Waals surface area contributed by atoms with Gasteiger partial charge in [-0.05, 0) is 36.6 Å². The van der Waals surface area contributed by atoms with Crippen LogP contribution in [0.25, 0.3) is 0 Å². The molecule has 0 radical (unpaired) electrons. The molecule has 2 heterocycles. The van der Waals surface area contributed by atoms with Gasteiger partial charge in [0.05, 0.1) is 0 Å². The molecule has 0 aromatic heterocycles. The third kappa shape index (κ3) is 2.75. The van der Waals surface area contributed by atoms with Gasteiger partial charge in [0.15, 0.2) is 0 Å². The van der Waals surface area contributed by atoms with Crippen molar-refractivity contribution in [3.63, 3.8) is 0 Å². The molecule has 1 aromatic carbocycles. The number of nitrogens with one attached hydrogen (secondary N) is 1. The molecule has 3 aliphatic rings. The highest BCUT2D eigenvalue weighted by Gasteiger charge is 2.31. The minimum atomic E-state index is -0.855. The predicted molar refractivity (Wildman–Crippen MR) is 90.3 cm³/mol. The topological polar surface area (TPSA) is 72.9 Å². The lowest BCUT2D eigenvalue weighted by atomic mass is 9.91. The Kier molecular flexibility index (Phi) is 3.92. The number of carbonyl (C=O) groups excluding carboxylic acids is 1. The number of aliphatic carboxylic acids is 1. The van der Waals surface area contributed by atoms with Crippen LogP contribution in [0.2, 0.25) is 0 Å². The molecule has 6 nitrogen and oxygen atoms in total. The zero-order chi connectivity index (χ0) is 16.7. The van der Waals surface area contributed by atoms with Gasteiger partial charge in [-0.25, -0.2) is 4.79 Å². The number of carboxylic acid groups (broad SMARTS) is 1. The number of amides is 1. The van der Waals surface area contributed by atoms with Gasteiger partial charge in [0.2, 0.25) is 0 Å². The minimum absolute atomic E-state index is 0.0600. The zero-order valence-corrected chi connectivity index (χ0v) is 13.7. The second-order valence-corrected chi connectivity index (χ2v) is 7.02. The summed E-state index contributed by atoms with van der Waals surface area (Å²) in [4.78, 5) is 28.3. The predicted octanol–water partition coefficient (Wildman–Crippen LogP) is 1.42. The van der Waals surface area contributed by atoms with Crippen LogP contribution in [0.15, 0.2) is 18.2 Å². The molecule has 0 bridgehead atoms. The van der Waals surface area contributed by atoms with Gasteiger partial charge >= 0.3 is 5.97 Å². The Bertz CT molecular complexity index is 663. The van der Waals surface area contributed by atoms with Gasteiger partial charge in [-0.3, -0.25) is 9.69 Å². The highest BCUT2D eigenvalue weighted by Crippen LogP contribution is 2.28. The summed E-state index contributed by atoms with van der Waals surface area (Å²) in [5, 5.41) is 12.1. The number of piperazine rings is 1. The average molecular weight is 329 g/mol. The Labute approximate surface area is 141 Å². The first-order valence-electron chi connectivity index (χ1n) is 8.77. The molecule has 128 valence electrons. The lowest BCUT2D eigenvalue weighted by Gasteiger charge is -2.43. The second-order valence-electron chi connectivity index (χ2n) is 7.02. The van der Waals surface area contributed by atoms with Crippen molar-refractivity contribution in [1.82, 2.24) is 9.80 Å². The van der Waals surface area contributed by atoms with E-state index in [4.69, 9.17) is 5.11 Å². The Balaban J connectivity index is 1.41. The van der Waals surface area contributed by atoms with Gasteiger partial charge in [-0.2, -0.15) is 0 Å². The lowest BCUT2D eigenvalue weighted by Crippen LogP contribution is -2.53. The fourth-order valence-corrected chi connectivity index (χ4v) is 3.87. The Morgan fingerprint density at radius 1 is 1.12 bits per heavy atom. The number of anilines is 1. The number of fused-ring (bicyclic) bond motifs is 1. The monoisotopic (exact) mass is 329 g/mol. The first kappa shape index (κ1) is 15.4. The molecule has 6 heteroatoms. The summed E-state index contributed by atoms with van der Waals surface area (Å²) < 4.78 is 0. The number of nitrogens with zero attached hydrogens (tertiary/aromatic N) is 2. The molecular weight excluding hydrogens is 306 g/mol. The molecule has 1 aromatic rings. The maximum Gasteiger partial charge on any atom is 0.326 e. The van der Waals surface area contributed by atoms with Crippen LogP contribution in [0.3, 0.4) is 0 Å². The number of carboxylic acids is 1. The van der Waals surface area contributed by atoms with Crippen LogP contribution in [0.4, 0.5) is 5.69 Å². The summed E-state index contributed by atoms with van der Waals surface area (Å²) in [6.07, 6.45) is 4.37. The molecule has 24 heavy (non-hydrogen) atoms. The summed E-state index contributed by atoms with van der Waals surface area (Å²) in [6, 6.07) is 5.64. The number of benzene rings is 1. The zero-order valence-electron chi connectivity index (χ0n) is 13.7. The van der Waals surface area contributed by atoms with Crippen molar-refractivity contribution in [3.05, 3.63) is 29.3 Å². The van der Waals surface area contributed by atoms with Crippen molar-refractivity contribution < 1.29 is 14.7 Å². The second kappa shape index (κ2) is 6.09. The highest BCUT2D eigenvalue weighted by molar-refractivity contribution is 5.95. The summed E-state index contributed by atoms with van der Waals surface area (Å²) >= 11 is 0.